The van der Waals surface area contributed by atoms with Gasteiger partial charge in [0, 0.05) is 18.7 Å². The number of H-pyrrole nitrogens is 1. The van der Waals surface area contributed by atoms with Crippen LogP contribution in [0.4, 0.5) is 0 Å². The molecule has 1 atom stereocenters. The highest BCUT2D eigenvalue weighted by molar-refractivity contribution is 7.71. The first-order valence-corrected chi connectivity index (χ1v) is 11.3. The zero-order chi connectivity index (χ0) is 23.4. The molecule has 1 aliphatic heterocycles. The Bertz CT molecular complexity index is 1280. The van der Waals surface area contributed by atoms with E-state index in [0.29, 0.717) is 58.9 Å². The molecule has 9 heteroatoms. The Morgan fingerprint density at radius 3 is 2.76 bits per heavy atom. The van der Waals surface area contributed by atoms with E-state index in [1.54, 1.807) is 32.4 Å². The van der Waals surface area contributed by atoms with Crippen molar-refractivity contribution in [3.63, 3.8) is 0 Å². The summed E-state index contributed by atoms with van der Waals surface area (Å²) in [5, 5.41) is 3.41. The fourth-order valence-corrected chi connectivity index (χ4v) is 4.28. The van der Waals surface area contributed by atoms with E-state index in [4.69, 9.17) is 26.4 Å². The third kappa shape index (κ3) is 5.09. The van der Waals surface area contributed by atoms with E-state index in [9.17, 15) is 9.59 Å². The van der Waals surface area contributed by atoms with Crippen molar-refractivity contribution in [2.45, 2.75) is 31.9 Å². The Labute approximate surface area is 196 Å². The number of methoxy groups -OCH3 is 2. The number of hydrogen-bond donors (Lipinski definition) is 2. The monoisotopic (exact) mass is 469 g/mol. The van der Waals surface area contributed by atoms with Crippen LogP contribution in [0.3, 0.4) is 0 Å². The number of carbonyl (C=O) groups excluding carboxylic acids is 1. The van der Waals surface area contributed by atoms with Gasteiger partial charge in [0.25, 0.3) is 11.5 Å². The Hall–Kier alpha value is -3.17. The van der Waals surface area contributed by atoms with E-state index in [1.807, 2.05) is 18.2 Å². The Morgan fingerprint density at radius 1 is 1.21 bits per heavy atom. The van der Waals surface area contributed by atoms with Crippen LogP contribution in [-0.4, -0.2) is 48.9 Å². The molecule has 0 unspecified atom stereocenters. The van der Waals surface area contributed by atoms with Crippen molar-refractivity contribution >= 4 is 29.0 Å². The second-order valence-corrected chi connectivity index (χ2v) is 8.32. The lowest BCUT2D eigenvalue weighted by atomic mass is 10.1. The van der Waals surface area contributed by atoms with Crippen LogP contribution in [0.15, 0.2) is 41.2 Å². The SMILES string of the molecule is COc1ccc(CCNC(=O)c2ccc3c(=O)n(C[C@H]4CCCO4)c(=S)[nH]c3c2)cc1OC. The molecular weight excluding hydrogens is 442 g/mol. The molecular formula is C24H27N3O5S. The minimum Gasteiger partial charge on any atom is -0.493 e. The van der Waals surface area contributed by atoms with Gasteiger partial charge in [-0.1, -0.05) is 6.07 Å². The van der Waals surface area contributed by atoms with E-state index < -0.39 is 0 Å². The molecule has 0 aliphatic carbocycles. The number of amides is 1. The molecule has 33 heavy (non-hydrogen) atoms. The largest absolute Gasteiger partial charge is 0.493 e. The average molecular weight is 470 g/mol. The molecule has 2 N–H and O–H groups in total. The molecule has 3 aromatic rings. The molecule has 1 amide bonds. The number of hydrogen-bond acceptors (Lipinski definition) is 6. The lowest BCUT2D eigenvalue weighted by molar-refractivity contribution is 0.0953. The molecule has 0 radical (unpaired) electrons. The van der Waals surface area contributed by atoms with Gasteiger partial charge >= 0.3 is 0 Å². The molecule has 0 bridgehead atoms. The summed E-state index contributed by atoms with van der Waals surface area (Å²) in [7, 11) is 3.18. The summed E-state index contributed by atoms with van der Waals surface area (Å²) in [6, 6.07) is 10.6. The average Bonchev–Trinajstić information content (AvgIpc) is 3.34. The molecule has 2 heterocycles. The number of nitrogens with zero attached hydrogens (tertiary/aromatic N) is 1. The van der Waals surface area contributed by atoms with Crippen molar-refractivity contribution in [3.8, 4) is 11.5 Å². The Kier molecular flexibility index (Phi) is 7.10. The van der Waals surface area contributed by atoms with Crippen LogP contribution in [-0.2, 0) is 17.7 Å². The quantitative estimate of drug-likeness (QED) is 0.492. The van der Waals surface area contributed by atoms with Gasteiger partial charge < -0.3 is 24.5 Å². The van der Waals surface area contributed by atoms with Gasteiger partial charge in [-0.3, -0.25) is 14.2 Å². The number of carbonyl (C=O) groups is 1. The number of benzene rings is 2. The first-order chi connectivity index (χ1) is 16.0. The normalized spacial score (nSPS) is 15.5. The number of nitrogens with one attached hydrogen (secondary N) is 2. The maximum atomic E-state index is 12.9. The third-order valence-electron chi connectivity index (χ3n) is 5.80. The maximum absolute atomic E-state index is 12.9. The second-order valence-electron chi connectivity index (χ2n) is 7.94. The van der Waals surface area contributed by atoms with Gasteiger partial charge in [0.1, 0.15) is 0 Å². The van der Waals surface area contributed by atoms with Crippen molar-refractivity contribution in [1.29, 1.82) is 0 Å². The van der Waals surface area contributed by atoms with E-state index in [1.165, 1.54) is 4.57 Å². The summed E-state index contributed by atoms with van der Waals surface area (Å²) in [6.07, 6.45) is 2.55. The minimum atomic E-state index is -0.222. The van der Waals surface area contributed by atoms with E-state index >= 15 is 0 Å². The summed E-state index contributed by atoms with van der Waals surface area (Å²) in [5.41, 5.74) is 1.84. The summed E-state index contributed by atoms with van der Waals surface area (Å²) in [5.74, 6) is 1.09. The molecule has 0 spiro atoms. The lowest BCUT2D eigenvalue weighted by Gasteiger charge is -2.13. The van der Waals surface area contributed by atoms with Crippen LogP contribution in [0.25, 0.3) is 10.9 Å². The van der Waals surface area contributed by atoms with E-state index in [-0.39, 0.29) is 17.6 Å². The van der Waals surface area contributed by atoms with Crippen LogP contribution < -0.4 is 20.3 Å². The molecule has 8 nitrogen and oxygen atoms in total. The second kappa shape index (κ2) is 10.2. The van der Waals surface area contributed by atoms with E-state index in [2.05, 4.69) is 10.3 Å². The lowest BCUT2D eigenvalue weighted by Crippen LogP contribution is -2.28. The first kappa shape index (κ1) is 23.0. The topological polar surface area (TPSA) is 94.6 Å². The zero-order valence-electron chi connectivity index (χ0n) is 18.7. The molecule has 1 fully saturated rings. The smallest absolute Gasteiger partial charge is 0.262 e. The number of aromatic amines is 1. The summed E-state index contributed by atoms with van der Waals surface area (Å²) >= 11 is 5.41. The molecule has 0 saturated carbocycles. The molecule has 2 aromatic carbocycles. The first-order valence-electron chi connectivity index (χ1n) is 10.9. The van der Waals surface area contributed by atoms with E-state index in [0.717, 1.165) is 18.4 Å². The van der Waals surface area contributed by atoms with Crippen LogP contribution in [0.1, 0.15) is 28.8 Å². The zero-order valence-corrected chi connectivity index (χ0v) is 19.5. The number of fused-ring (bicyclic) bond motifs is 1. The standard InChI is InChI=1S/C24H27N3O5S/c1-30-20-8-5-15(12-21(20)31-2)9-10-25-22(28)16-6-7-18-19(13-16)26-24(33)27(23(18)29)14-17-4-3-11-32-17/h5-8,12-13,17H,3-4,9-11,14H2,1-2H3,(H,25,28)(H,26,33)/t17-/m1/s1. The van der Waals surface area contributed by atoms with Crippen molar-refractivity contribution in [1.82, 2.24) is 14.9 Å². The minimum absolute atomic E-state index is 0.00553. The van der Waals surface area contributed by atoms with Gasteiger partial charge in [0.2, 0.25) is 0 Å². The molecule has 1 aliphatic rings. The van der Waals surface area contributed by atoms with Gasteiger partial charge in [0.05, 0.1) is 37.8 Å². The summed E-state index contributed by atoms with van der Waals surface area (Å²) < 4.78 is 18.1. The van der Waals surface area contributed by atoms with Crippen molar-refractivity contribution in [2.75, 3.05) is 27.4 Å². The molecule has 4 rings (SSSR count). The number of rotatable bonds is 8. The molecule has 1 aromatic heterocycles. The highest BCUT2D eigenvalue weighted by atomic mass is 32.1. The van der Waals surface area contributed by atoms with Crippen molar-refractivity contribution < 1.29 is 19.0 Å². The van der Waals surface area contributed by atoms with Gasteiger partial charge in [-0.2, -0.15) is 0 Å². The summed E-state index contributed by atoms with van der Waals surface area (Å²) in [6.45, 7) is 1.60. The van der Waals surface area contributed by atoms with Crippen molar-refractivity contribution in [3.05, 3.63) is 62.6 Å². The van der Waals surface area contributed by atoms with Crippen LogP contribution in [0, 0.1) is 4.77 Å². The molecule has 174 valence electrons. The van der Waals surface area contributed by atoms with Gasteiger partial charge in [0.15, 0.2) is 16.3 Å². The predicted octanol–water partition coefficient (Wildman–Crippen LogP) is 3.23. The van der Waals surface area contributed by atoms with Gasteiger partial charge in [-0.25, -0.2) is 0 Å². The number of aromatic nitrogens is 2. The van der Waals surface area contributed by atoms with Crippen LogP contribution in [0.5, 0.6) is 11.5 Å². The fraction of sp³-hybridized carbons (Fsp3) is 0.375. The Morgan fingerprint density at radius 2 is 2.03 bits per heavy atom. The van der Waals surface area contributed by atoms with Gasteiger partial charge in [-0.15, -0.1) is 0 Å². The highest BCUT2D eigenvalue weighted by Crippen LogP contribution is 2.27. The van der Waals surface area contributed by atoms with Gasteiger partial charge in [-0.05, 0) is 67.4 Å². The molecule has 1 saturated heterocycles. The maximum Gasteiger partial charge on any atom is 0.262 e. The number of ether oxygens (including phenoxy) is 3. The summed E-state index contributed by atoms with van der Waals surface area (Å²) in [4.78, 5) is 28.7. The van der Waals surface area contributed by atoms with Crippen LogP contribution in [0.2, 0.25) is 0 Å². The van der Waals surface area contributed by atoms with Crippen molar-refractivity contribution in [2.24, 2.45) is 0 Å². The predicted molar refractivity (Wildman–Crippen MR) is 128 cm³/mol. The third-order valence-corrected chi connectivity index (χ3v) is 6.12. The fourth-order valence-electron chi connectivity index (χ4n) is 4.01. The van der Waals surface area contributed by atoms with Crippen LogP contribution >= 0.6 is 12.2 Å². The highest BCUT2D eigenvalue weighted by Gasteiger charge is 2.18. The Balaban J connectivity index is 1.45.